The highest BCUT2D eigenvalue weighted by Gasteiger charge is 2.34. The van der Waals surface area contributed by atoms with Crippen LogP contribution in [0.2, 0.25) is 0 Å². The van der Waals surface area contributed by atoms with Crippen LogP contribution in [0, 0.1) is 11.3 Å². The molecule has 0 aromatic rings. The molecule has 3 heteroatoms. The monoisotopic (exact) mass is 256 g/mol. The van der Waals surface area contributed by atoms with Crippen LogP contribution in [0.5, 0.6) is 0 Å². The van der Waals surface area contributed by atoms with Gasteiger partial charge in [-0.15, -0.1) is 0 Å². The molecule has 0 aromatic heterocycles. The van der Waals surface area contributed by atoms with E-state index < -0.39 is 0 Å². The van der Waals surface area contributed by atoms with Crippen molar-refractivity contribution in [3.63, 3.8) is 0 Å². The molecule has 1 saturated carbocycles. The van der Waals surface area contributed by atoms with E-state index in [9.17, 15) is 0 Å². The average Bonchev–Trinajstić information content (AvgIpc) is 2.71. The van der Waals surface area contributed by atoms with Gasteiger partial charge in [0.25, 0.3) is 0 Å². The Labute approximate surface area is 112 Å². The van der Waals surface area contributed by atoms with Gasteiger partial charge in [-0.25, -0.2) is 0 Å². The van der Waals surface area contributed by atoms with E-state index in [0.29, 0.717) is 5.41 Å². The molecule has 100 valence electrons. The van der Waals surface area contributed by atoms with Crippen LogP contribution >= 0.6 is 12.2 Å². The van der Waals surface area contributed by atoms with E-state index in [1.165, 1.54) is 32.1 Å². The molecular weight excluding hydrogens is 228 g/mol. The Morgan fingerprint density at radius 2 is 1.88 bits per heavy atom. The van der Waals surface area contributed by atoms with Crippen LogP contribution in [0.3, 0.4) is 0 Å². The maximum absolute atomic E-state index is 5.30. The molecule has 0 aliphatic heterocycles. The first kappa shape index (κ1) is 14.7. The Hall–Kier alpha value is -0.310. The second kappa shape index (κ2) is 7.20. The Morgan fingerprint density at radius 1 is 1.24 bits per heavy atom. The summed E-state index contributed by atoms with van der Waals surface area (Å²) in [6, 6.07) is 0. The van der Waals surface area contributed by atoms with Crippen molar-refractivity contribution >= 4 is 17.3 Å². The highest BCUT2D eigenvalue weighted by Crippen LogP contribution is 2.42. The molecule has 0 saturated heterocycles. The van der Waals surface area contributed by atoms with Crippen molar-refractivity contribution in [2.75, 3.05) is 13.1 Å². The Morgan fingerprint density at radius 3 is 2.41 bits per heavy atom. The van der Waals surface area contributed by atoms with Crippen LogP contribution in [0.4, 0.5) is 0 Å². The Balaban J connectivity index is 2.36. The second-order valence-electron chi connectivity index (χ2n) is 5.91. The molecule has 0 amide bonds. The first-order valence-corrected chi connectivity index (χ1v) is 7.50. The molecule has 2 N–H and O–H groups in total. The predicted octanol–water partition coefficient (Wildman–Crippen LogP) is 3.47. The van der Waals surface area contributed by atoms with Gasteiger partial charge in [0.05, 0.1) is 0 Å². The van der Waals surface area contributed by atoms with Crippen LogP contribution in [0.1, 0.15) is 59.3 Å². The van der Waals surface area contributed by atoms with Gasteiger partial charge in [-0.3, -0.25) is 0 Å². The molecule has 0 spiro atoms. The quantitative estimate of drug-likeness (QED) is 0.712. The lowest BCUT2D eigenvalue weighted by Crippen LogP contribution is -2.42. The average molecular weight is 256 g/mol. The Bertz CT molecular complexity index is 232. The van der Waals surface area contributed by atoms with Crippen LogP contribution in [0.25, 0.3) is 0 Å². The van der Waals surface area contributed by atoms with Crippen molar-refractivity contribution in [2.24, 2.45) is 11.3 Å². The van der Waals surface area contributed by atoms with Gasteiger partial charge in [-0.1, -0.05) is 33.6 Å². The summed E-state index contributed by atoms with van der Waals surface area (Å²) in [6.07, 6.45) is 7.98. The number of hydrogen-bond acceptors (Lipinski definition) is 1. The minimum atomic E-state index is 0.506. The maximum Gasteiger partial charge on any atom is 0.166 e. The first-order valence-electron chi connectivity index (χ1n) is 7.10. The van der Waals surface area contributed by atoms with Gasteiger partial charge < -0.3 is 10.6 Å². The van der Waals surface area contributed by atoms with E-state index in [2.05, 4.69) is 31.4 Å². The molecule has 0 radical (unpaired) electrons. The predicted molar refractivity (Wildman–Crippen MR) is 79.3 cm³/mol. The topological polar surface area (TPSA) is 24.1 Å². The molecule has 0 heterocycles. The second-order valence-corrected chi connectivity index (χ2v) is 6.32. The number of thiocarbonyl (C=S) groups is 1. The Kier molecular flexibility index (Phi) is 6.24. The first-order chi connectivity index (χ1) is 8.08. The zero-order valence-electron chi connectivity index (χ0n) is 11.6. The van der Waals surface area contributed by atoms with E-state index in [1.54, 1.807) is 0 Å². The van der Waals surface area contributed by atoms with Crippen molar-refractivity contribution in [3.8, 4) is 0 Å². The molecule has 17 heavy (non-hydrogen) atoms. The summed E-state index contributed by atoms with van der Waals surface area (Å²) in [5.41, 5.74) is 0.506. The van der Waals surface area contributed by atoms with E-state index in [4.69, 9.17) is 12.2 Å². The highest BCUT2D eigenvalue weighted by atomic mass is 32.1. The lowest BCUT2D eigenvalue weighted by atomic mass is 9.78. The lowest BCUT2D eigenvalue weighted by molar-refractivity contribution is 0.235. The molecule has 1 aliphatic rings. The largest absolute Gasteiger partial charge is 0.363 e. The summed E-state index contributed by atoms with van der Waals surface area (Å²) in [7, 11) is 0. The van der Waals surface area contributed by atoms with Crippen molar-refractivity contribution in [2.45, 2.75) is 59.3 Å². The fourth-order valence-electron chi connectivity index (χ4n) is 3.01. The zero-order valence-corrected chi connectivity index (χ0v) is 12.5. The van der Waals surface area contributed by atoms with Crippen molar-refractivity contribution in [1.82, 2.24) is 10.6 Å². The van der Waals surface area contributed by atoms with E-state index >= 15 is 0 Å². The molecular formula is C14H28N2S. The van der Waals surface area contributed by atoms with Gasteiger partial charge in [0.15, 0.2) is 5.11 Å². The number of nitrogens with one attached hydrogen (secondary N) is 2. The van der Waals surface area contributed by atoms with Crippen LogP contribution < -0.4 is 10.6 Å². The fraction of sp³-hybridized carbons (Fsp3) is 0.929. The fourth-order valence-corrected chi connectivity index (χ4v) is 3.19. The third-order valence-electron chi connectivity index (χ3n) is 3.66. The standard InChI is InChI=1S/C14H28N2S/c1-4-9-15-13(17)16-11-14(10-12(2)3)7-5-6-8-14/h12H,4-11H2,1-3H3,(H2,15,16,17). The van der Waals surface area contributed by atoms with Crippen molar-refractivity contribution < 1.29 is 0 Å². The third-order valence-corrected chi connectivity index (χ3v) is 3.95. The van der Waals surface area contributed by atoms with Crippen LogP contribution in [-0.4, -0.2) is 18.2 Å². The molecule has 0 atom stereocenters. The van der Waals surface area contributed by atoms with E-state index in [-0.39, 0.29) is 0 Å². The van der Waals surface area contributed by atoms with Crippen molar-refractivity contribution in [1.29, 1.82) is 0 Å². The lowest BCUT2D eigenvalue weighted by Gasteiger charge is -2.31. The summed E-state index contributed by atoms with van der Waals surface area (Å²) in [6.45, 7) is 8.85. The summed E-state index contributed by atoms with van der Waals surface area (Å²) in [4.78, 5) is 0. The van der Waals surface area contributed by atoms with E-state index in [1.807, 2.05) is 0 Å². The molecule has 1 rings (SSSR count). The molecule has 1 fully saturated rings. The van der Waals surface area contributed by atoms with Gasteiger partial charge in [-0.05, 0) is 49.2 Å². The maximum atomic E-state index is 5.30. The molecule has 0 aromatic carbocycles. The molecule has 0 bridgehead atoms. The minimum absolute atomic E-state index is 0.506. The van der Waals surface area contributed by atoms with Gasteiger partial charge in [0.1, 0.15) is 0 Å². The molecule has 1 aliphatic carbocycles. The van der Waals surface area contributed by atoms with Gasteiger partial charge in [0, 0.05) is 13.1 Å². The van der Waals surface area contributed by atoms with Crippen LogP contribution in [-0.2, 0) is 0 Å². The van der Waals surface area contributed by atoms with Gasteiger partial charge in [0.2, 0.25) is 0 Å². The van der Waals surface area contributed by atoms with Gasteiger partial charge >= 0.3 is 0 Å². The number of rotatable bonds is 6. The number of hydrogen-bond donors (Lipinski definition) is 2. The van der Waals surface area contributed by atoms with Crippen molar-refractivity contribution in [3.05, 3.63) is 0 Å². The third kappa shape index (κ3) is 5.24. The van der Waals surface area contributed by atoms with Crippen LogP contribution in [0.15, 0.2) is 0 Å². The molecule has 2 nitrogen and oxygen atoms in total. The van der Waals surface area contributed by atoms with E-state index in [0.717, 1.165) is 30.5 Å². The molecule has 0 unspecified atom stereocenters. The smallest absolute Gasteiger partial charge is 0.166 e. The SMILES string of the molecule is CCCNC(=S)NCC1(CC(C)C)CCCC1. The summed E-state index contributed by atoms with van der Waals surface area (Å²) in [5.74, 6) is 0.784. The normalized spacial score (nSPS) is 18.4. The highest BCUT2D eigenvalue weighted by molar-refractivity contribution is 7.80. The minimum Gasteiger partial charge on any atom is -0.363 e. The summed E-state index contributed by atoms with van der Waals surface area (Å²) < 4.78 is 0. The summed E-state index contributed by atoms with van der Waals surface area (Å²) in [5, 5.41) is 7.51. The zero-order chi connectivity index (χ0) is 12.7. The van der Waals surface area contributed by atoms with Gasteiger partial charge in [-0.2, -0.15) is 0 Å². The summed E-state index contributed by atoms with van der Waals surface area (Å²) >= 11 is 5.30.